The minimum absolute atomic E-state index is 0.0351. The van der Waals surface area contributed by atoms with Gasteiger partial charge in [0.25, 0.3) is 0 Å². The van der Waals surface area contributed by atoms with Crippen LogP contribution < -0.4 is 11.1 Å². The van der Waals surface area contributed by atoms with Gasteiger partial charge in [0.15, 0.2) is 0 Å². The Morgan fingerprint density at radius 1 is 1.09 bits per heavy atom. The monoisotopic (exact) mass is 300 g/mol. The highest BCUT2D eigenvalue weighted by Crippen LogP contribution is 2.16. The molecule has 0 bridgehead atoms. The third kappa shape index (κ3) is 4.05. The van der Waals surface area contributed by atoms with E-state index in [1.807, 2.05) is 42.5 Å². The lowest BCUT2D eigenvalue weighted by atomic mass is 10.0. The van der Waals surface area contributed by atoms with Gasteiger partial charge in [-0.2, -0.15) is 0 Å². The van der Waals surface area contributed by atoms with E-state index in [1.54, 1.807) is 0 Å². The Balaban J connectivity index is 2.06. The number of carboxylic acid groups (broad SMARTS) is 1. The van der Waals surface area contributed by atoms with Gasteiger partial charge in [-0.3, -0.25) is 9.59 Å². The van der Waals surface area contributed by atoms with Crippen LogP contribution in [0.1, 0.15) is 12.0 Å². The average Bonchev–Trinajstić information content (AvgIpc) is 2.45. The number of nitrogens with two attached hydrogens (primary N) is 1. The normalized spacial score (nSPS) is 11.8. The third-order valence-corrected chi connectivity index (χ3v) is 3.22. The molecule has 2 amide bonds. The molecular formula is C16H16N2O4. The maximum Gasteiger partial charge on any atom is 0.326 e. The van der Waals surface area contributed by atoms with Gasteiger partial charge in [-0.05, 0) is 16.3 Å². The van der Waals surface area contributed by atoms with Crippen LogP contribution in [0.2, 0.25) is 0 Å². The Morgan fingerprint density at radius 2 is 1.77 bits per heavy atom. The van der Waals surface area contributed by atoms with Crippen LogP contribution in [-0.4, -0.2) is 28.9 Å². The van der Waals surface area contributed by atoms with Gasteiger partial charge in [0, 0.05) is 0 Å². The van der Waals surface area contributed by atoms with Gasteiger partial charge in [-0.25, -0.2) is 4.79 Å². The van der Waals surface area contributed by atoms with E-state index in [0.717, 1.165) is 16.3 Å². The minimum atomic E-state index is -1.30. The van der Waals surface area contributed by atoms with Gasteiger partial charge < -0.3 is 16.2 Å². The van der Waals surface area contributed by atoms with Crippen LogP contribution in [0.15, 0.2) is 42.5 Å². The van der Waals surface area contributed by atoms with Crippen LogP contribution in [0.25, 0.3) is 10.8 Å². The largest absolute Gasteiger partial charge is 0.480 e. The number of carbonyl (C=O) groups is 3. The number of aliphatic carboxylic acids is 1. The number of carbonyl (C=O) groups excluding carboxylic acids is 2. The topological polar surface area (TPSA) is 109 Å². The molecule has 4 N–H and O–H groups in total. The maximum absolute atomic E-state index is 11.9. The zero-order valence-corrected chi connectivity index (χ0v) is 11.8. The predicted octanol–water partition coefficient (Wildman–Crippen LogP) is 0.827. The predicted molar refractivity (Wildman–Crippen MR) is 81.0 cm³/mol. The summed E-state index contributed by atoms with van der Waals surface area (Å²) in [5, 5.41) is 13.3. The first-order chi connectivity index (χ1) is 10.5. The molecule has 0 saturated heterocycles. The number of nitrogens with one attached hydrogen (secondary N) is 1. The molecule has 0 aliphatic carbocycles. The molecule has 22 heavy (non-hydrogen) atoms. The second-order valence-electron chi connectivity index (χ2n) is 4.99. The smallest absolute Gasteiger partial charge is 0.326 e. The van der Waals surface area contributed by atoms with Crippen molar-refractivity contribution >= 4 is 28.6 Å². The first-order valence-electron chi connectivity index (χ1n) is 6.74. The lowest BCUT2D eigenvalue weighted by Crippen LogP contribution is -2.43. The summed E-state index contributed by atoms with van der Waals surface area (Å²) in [6.07, 6.45) is -0.397. The fourth-order valence-corrected chi connectivity index (χ4v) is 2.18. The quantitative estimate of drug-likeness (QED) is 0.734. The Morgan fingerprint density at radius 3 is 2.41 bits per heavy atom. The van der Waals surface area contributed by atoms with Gasteiger partial charge in [0.1, 0.15) is 6.04 Å². The second kappa shape index (κ2) is 6.71. The number of rotatable bonds is 6. The summed E-state index contributed by atoms with van der Waals surface area (Å²) in [5.74, 6) is -2.53. The highest BCUT2D eigenvalue weighted by Gasteiger charge is 2.22. The summed E-state index contributed by atoms with van der Waals surface area (Å²) in [7, 11) is 0. The van der Waals surface area contributed by atoms with E-state index in [9.17, 15) is 14.4 Å². The summed E-state index contributed by atoms with van der Waals surface area (Å²) < 4.78 is 0. The molecule has 0 saturated carbocycles. The molecule has 2 rings (SSSR count). The Hall–Kier alpha value is -2.89. The zero-order chi connectivity index (χ0) is 16.1. The number of primary amides is 1. The molecule has 0 spiro atoms. The highest BCUT2D eigenvalue weighted by atomic mass is 16.4. The van der Waals surface area contributed by atoms with Crippen molar-refractivity contribution in [3.8, 4) is 0 Å². The summed E-state index contributed by atoms with van der Waals surface area (Å²) in [6, 6.07) is 12.0. The molecule has 0 aromatic heterocycles. The van der Waals surface area contributed by atoms with Crippen molar-refractivity contribution in [2.45, 2.75) is 18.9 Å². The van der Waals surface area contributed by atoms with Gasteiger partial charge in [0.05, 0.1) is 12.8 Å². The number of amides is 2. The molecule has 6 nitrogen and oxygen atoms in total. The van der Waals surface area contributed by atoms with Crippen LogP contribution in [0.3, 0.4) is 0 Å². The molecular weight excluding hydrogens is 284 g/mol. The van der Waals surface area contributed by atoms with E-state index in [4.69, 9.17) is 10.8 Å². The molecule has 6 heteroatoms. The van der Waals surface area contributed by atoms with Crippen LogP contribution in [-0.2, 0) is 20.8 Å². The fraction of sp³-hybridized carbons (Fsp3) is 0.188. The molecule has 2 aromatic carbocycles. The maximum atomic E-state index is 11.9. The van der Waals surface area contributed by atoms with Gasteiger partial charge >= 0.3 is 5.97 Å². The molecule has 0 fully saturated rings. The summed E-state index contributed by atoms with van der Waals surface area (Å²) in [5.41, 5.74) is 5.73. The summed E-state index contributed by atoms with van der Waals surface area (Å²) in [6.45, 7) is 0. The van der Waals surface area contributed by atoms with Crippen LogP contribution >= 0.6 is 0 Å². The second-order valence-corrected chi connectivity index (χ2v) is 4.99. The number of hydrogen-bond donors (Lipinski definition) is 3. The Kier molecular flexibility index (Phi) is 4.73. The minimum Gasteiger partial charge on any atom is -0.480 e. The van der Waals surface area contributed by atoms with Gasteiger partial charge in [-0.15, -0.1) is 0 Å². The lowest BCUT2D eigenvalue weighted by molar-refractivity contribution is -0.143. The number of benzene rings is 2. The first kappa shape index (κ1) is 15.5. The number of carboxylic acids is 1. The Bertz CT molecular complexity index is 727. The molecule has 0 radical (unpaired) electrons. The standard InChI is InChI=1S/C16H16N2O4/c17-14(19)9-13(16(21)22)18-15(20)8-10-5-6-11-3-1-2-4-12(11)7-10/h1-7,13H,8-9H2,(H2,17,19)(H,18,20)(H,21,22). The van der Waals surface area contributed by atoms with Crippen molar-refractivity contribution in [3.05, 3.63) is 48.0 Å². The van der Waals surface area contributed by atoms with Crippen molar-refractivity contribution in [2.75, 3.05) is 0 Å². The Labute approximate surface area is 126 Å². The lowest BCUT2D eigenvalue weighted by Gasteiger charge is -2.13. The molecule has 1 unspecified atom stereocenters. The molecule has 1 atom stereocenters. The van der Waals surface area contributed by atoms with Crippen molar-refractivity contribution in [1.29, 1.82) is 0 Å². The van der Waals surface area contributed by atoms with Crippen LogP contribution in [0.4, 0.5) is 0 Å². The van der Waals surface area contributed by atoms with Gasteiger partial charge in [-0.1, -0.05) is 42.5 Å². The molecule has 0 aliphatic rings. The summed E-state index contributed by atoms with van der Waals surface area (Å²) in [4.78, 5) is 33.7. The number of fused-ring (bicyclic) bond motifs is 1. The van der Waals surface area contributed by atoms with E-state index in [0.29, 0.717) is 0 Å². The molecule has 0 aliphatic heterocycles. The third-order valence-electron chi connectivity index (χ3n) is 3.22. The molecule has 114 valence electrons. The molecule has 0 heterocycles. The fourth-order valence-electron chi connectivity index (χ4n) is 2.18. The van der Waals surface area contributed by atoms with Gasteiger partial charge in [0.2, 0.25) is 11.8 Å². The summed E-state index contributed by atoms with van der Waals surface area (Å²) >= 11 is 0. The van der Waals surface area contributed by atoms with Crippen molar-refractivity contribution in [1.82, 2.24) is 5.32 Å². The SMILES string of the molecule is NC(=O)CC(NC(=O)Cc1ccc2ccccc2c1)C(=O)O. The molecule has 2 aromatic rings. The van der Waals surface area contributed by atoms with E-state index in [1.165, 1.54) is 0 Å². The van der Waals surface area contributed by atoms with Crippen LogP contribution in [0.5, 0.6) is 0 Å². The zero-order valence-electron chi connectivity index (χ0n) is 11.8. The van der Waals surface area contributed by atoms with E-state index < -0.39 is 30.2 Å². The highest BCUT2D eigenvalue weighted by molar-refractivity contribution is 5.89. The van der Waals surface area contributed by atoms with Crippen molar-refractivity contribution in [3.63, 3.8) is 0 Å². The van der Waals surface area contributed by atoms with E-state index in [2.05, 4.69) is 5.32 Å². The van der Waals surface area contributed by atoms with Crippen molar-refractivity contribution in [2.24, 2.45) is 5.73 Å². The van der Waals surface area contributed by atoms with Crippen molar-refractivity contribution < 1.29 is 19.5 Å². The van der Waals surface area contributed by atoms with E-state index in [-0.39, 0.29) is 6.42 Å². The average molecular weight is 300 g/mol. The van der Waals surface area contributed by atoms with E-state index >= 15 is 0 Å². The van der Waals surface area contributed by atoms with Crippen LogP contribution in [0, 0.1) is 0 Å². The number of hydrogen-bond acceptors (Lipinski definition) is 3. The first-order valence-corrected chi connectivity index (χ1v) is 6.74.